The van der Waals surface area contributed by atoms with Gasteiger partial charge in [0, 0.05) is 5.57 Å². The first kappa shape index (κ1) is 16.2. The standard InChI is InChI=1S/C15H17NO5S/c1-11(15(18)21-2)8-9-16-14(17)10-13(22(16,19)20)12-6-4-3-5-7-12/h3-8,13H,9-10H2,1-2H3/b11-8+. The lowest BCUT2D eigenvalue weighted by molar-refractivity contribution is -0.136. The number of esters is 1. The third-order valence-corrected chi connectivity index (χ3v) is 5.67. The van der Waals surface area contributed by atoms with Crippen LogP contribution in [0.1, 0.15) is 24.2 Å². The van der Waals surface area contributed by atoms with Crippen molar-refractivity contribution in [2.24, 2.45) is 0 Å². The molecule has 0 aromatic heterocycles. The lowest BCUT2D eigenvalue weighted by atomic mass is 10.1. The van der Waals surface area contributed by atoms with Gasteiger partial charge in [-0.05, 0) is 12.5 Å². The molecule has 1 aromatic rings. The number of methoxy groups -OCH3 is 1. The molecule has 0 saturated carbocycles. The SMILES string of the molecule is COC(=O)/C(C)=C/CN1C(=O)CC(c2ccccc2)S1(=O)=O. The molecule has 2 rings (SSSR count). The molecular weight excluding hydrogens is 306 g/mol. The van der Waals surface area contributed by atoms with Gasteiger partial charge in [-0.2, -0.15) is 0 Å². The predicted molar refractivity (Wildman–Crippen MR) is 80.2 cm³/mol. The van der Waals surface area contributed by atoms with E-state index in [9.17, 15) is 18.0 Å². The minimum atomic E-state index is -3.77. The number of carbonyl (C=O) groups is 2. The van der Waals surface area contributed by atoms with Crippen molar-refractivity contribution in [1.82, 2.24) is 4.31 Å². The van der Waals surface area contributed by atoms with E-state index in [1.165, 1.54) is 20.1 Å². The van der Waals surface area contributed by atoms with Gasteiger partial charge >= 0.3 is 5.97 Å². The van der Waals surface area contributed by atoms with Gasteiger partial charge in [0.25, 0.3) is 0 Å². The van der Waals surface area contributed by atoms with Gasteiger partial charge in [0.1, 0.15) is 5.25 Å². The van der Waals surface area contributed by atoms with E-state index in [4.69, 9.17) is 0 Å². The number of benzene rings is 1. The average molecular weight is 323 g/mol. The number of hydrogen-bond donors (Lipinski definition) is 0. The van der Waals surface area contributed by atoms with Crippen LogP contribution in [0.2, 0.25) is 0 Å². The van der Waals surface area contributed by atoms with Crippen molar-refractivity contribution >= 4 is 21.9 Å². The van der Waals surface area contributed by atoms with Crippen LogP contribution >= 0.6 is 0 Å². The highest BCUT2D eigenvalue weighted by Gasteiger charge is 2.44. The molecule has 0 N–H and O–H groups in total. The van der Waals surface area contributed by atoms with Gasteiger partial charge in [-0.15, -0.1) is 0 Å². The number of ether oxygens (including phenoxy) is 1. The molecule has 1 atom stereocenters. The normalized spacial score (nSPS) is 21.0. The van der Waals surface area contributed by atoms with Crippen molar-refractivity contribution in [1.29, 1.82) is 0 Å². The lowest BCUT2D eigenvalue weighted by Crippen LogP contribution is -2.30. The molecule has 1 aliphatic heterocycles. The second kappa shape index (κ2) is 6.31. The molecule has 1 aromatic carbocycles. The highest BCUT2D eigenvalue weighted by atomic mass is 32.2. The number of hydrogen-bond acceptors (Lipinski definition) is 5. The van der Waals surface area contributed by atoms with Crippen LogP contribution in [0.15, 0.2) is 42.0 Å². The van der Waals surface area contributed by atoms with Gasteiger partial charge in [0.05, 0.1) is 20.1 Å². The fourth-order valence-corrected chi connectivity index (χ4v) is 4.09. The van der Waals surface area contributed by atoms with Crippen LogP contribution in [0.5, 0.6) is 0 Å². The predicted octanol–water partition coefficient (Wildman–Crippen LogP) is 1.41. The van der Waals surface area contributed by atoms with Crippen LogP contribution in [0.3, 0.4) is 0 Å². The highest BCUT2D eigenvalue weighted by Crippen LogP contribution is 2.35. The van der Waals surface area contributed by atoms with Crippen LogP contribution in [0.4, 0.5) is 0 Å². The van der Waals surface area contributed by atoms with Crippen molar-refractivity contribution < 1.29 is 22.7 Å². The van der Waals surface area contributed by atoms with Crippen molar-refractivity contribution in [3.05, 3.63) is 47.5 Å². The minimum Gasteiger partial charge on any atom is -0.466 e. The van der Waals surface area contributed by atoms with Crippen molar-refractivity contribution in [3.8, 4) is 0 Å². The Balaban J connectivity index is 2.24. The second-order valence-electron chi connectivity index (χ2n) is 4.95. The summed E-state index contributed by atoms with van der Waals surface area (Å²) in [7, 11) is -2.53. The van der Waals surface area contributed by atoms with E-state index in [2.05, 4.69) is 4.74 Å². The molecule has 0 bridgehead atoms. The van der Waals surface area contributed by atoms with Gasteiger partial charge in [-0.25, -0.2) is 17.5 Å². The lowest BCUT2D eigenvalue weighted by Gasteiger charge is -2.15. The molecule has 6 nitrogen and oxygen atoms in total. The van der Waals surface area contributed by atoms with Crippen molar-refractivity contribution in [2.75, 3.05) is 13.7 Å². The minimum absolute atomic E-state index is 0.0859. The summed E-state index contributed by atoms with van der Waals surface area (Å²) in [6, 6.07) is 8.63. The summed E-state index contributed by atoms with van der Waals surface area (Å²) < 4.78 is 30.4. The van der Waals surface area contributed by atoms with E-state index in [0.717, 1.165) is 4.31 Å². The molecule has 1 unspecified atom stereocenters. The third-order valence-electron chi connectivity index (χ3n) is 3.55. The van der Waals surface area contributed by atoms with E-state index < -0.39 is 27.1 Å². The summed E-state index contributed by atoms with van der Waals surface area (Å²) in [5, 5.41) is -0.868. The quantitative estimate of drug-likeness (QED) is 0.618. The molecule has 1 heterocycles. The molecule has 118 valence electrons. The largest absolute Gasteiger partial charge is 0.466 e. The summed E-state index contributed by atoms with van der Waals surface area (Å²) in [4.78, 5) is 23.3. The molecule has 1 fully saturated rings. The Bertz CT molecular complexity index is 709. The van der Waals surface area contributed by atoms with Crippen LogP contribution in [-0.2, 0) is 24.3 Å². The summed E-state index contributed by atoms with van der Waals surface area (Å²) in [6.45, 7) is 1.35. The van der Waals surface area contributed by atoms with E-state index in [-0.39, 0.29) is 18.5 Å². The van der Waals surface area contributed by atoms with E-state index in [1.54, 1.807) is 30.3 Å². The Morgan fingerprint density at radius 3 is 2.59 bits per heavy atom. The van der Waals surface area contributed by atoms with Crippen LogP contribution < -0.4 is 0 Å². The summed E-state index contributed by atoms with van der Waals surface area (Å²) in [6.07, 6.45) is 1.30. The zero-order chi connectivity index (χ0) is 16.3. The Morgan fingerprint density at radius 2 is 2.00 bits per heavy atom. The number of sulfonamides is 1. The van der Waals surface area contributed by atoms with Crippen molar-refractivity contribution in [3.63, 3.8) is 0 Å². The molecule has 0 spiro atoms. The summed E-state index contributed by atoms with van der Waals surface area (Å²) in [5.74, 6) is -1.02. The van der Waals surface area contributed by atoms with E-state index in [1.807, 2.05) is 0 Å². The maximum atomic E-state index is 12.5. The molecule has 0 aliphatic carbocycles. The molecule has 1 amide bonds. The maximum absolute atomic E-state index is 12.5. The molecule has 22 heavy (non-hydrogen) atoms. The van der Waals surface area contributed by atoms with Gasteiger partial charge in [-0.3, -0.25) is 4.79 Å². The molecule has 7 heteroatoms. The fourth-order valence-electron chi connectivity index (χ4n) is 2.29. The Morgan fingerprint density at radius 1 is 1.36 bits per heavy atom. The Hall–Kier alpha value is -2.15. The maximum Gasteiger partial charge on any atom is 0.333 e. The topological polar surface area (TPSA) is 80.8 Å². The average Bonchev–Trinajstić information content (AvgIpc) is 2.74. The zero-order valence-electron chi connectivity index (χ0n) is 12.4. The van der Waals surface area contributed by atoms with Gasteiger partial charge in [0.2, 0.25) is 15.9 Å². The van der Waals surface area contributed by atoms with Crippen molar-refractivity contribution in [2.45, 2.75) is 18.6 Å². The number of nitrogens with zero attached hydrogens (tertiary/aromatic N) is 1. The Kier molecular flexibility index (Phi) is 4.65. The van der Waals surface area contributed by atoms with E-state index in [0.29, 0.717) is 5.56 Å². The second-order valence-corrected chi connectivity index (χ2v) is 6.99. The first-order valence-electron chi connectivity index (χ1n) is 6.72. The van der Waals surface area contributed by atoms with Gasteiger partial charge < -0.3 is 4.74 Å². The van der Waals surface area contributed by atoms with Crippen LogP contribution in [0.25, 0.3) is 0 Å². The number of rotatable bonds is 4. The number of amides is 1. The molecular formula is C15H17NO5S. The smallest absolute Gasteiger partial charge is 0.333 e. The molecule has 0 radical (unpaired) electrons. The Labute approximate surface area is 129 Å². The number of carbonyl (C=O) groups excluding carboxylic acids is 2. The monoisotopic (exact) mass is 323 g/mol. The molecule has 1 aliphatic rings. The van der Waals surface area contributed by atoms with Crippen LogP contribution in [0, 0.1) is 0 Å². The van der Waals surface area contributed by atoms with Gasteiger partial charge in [0.15, 0.2) is 0 Å². The first-order valence-corrected chi connectivity index (χ1v) is 8.22. The summed E-state index contributed by atoms with van der Waals surface area (Å²) in [5.41, 5.74) is 0.848. The van der Waals surface area contributed by atoms with E-state index >= 15 is 0 Å². The van der Waals surface area contributed by atoms with Gasteiger partial charge in [-0.1, -0.05) is 36.4 Å². The van der Waals surface area contributed by atoms with Crippen LogP contribution in [-0.4, -0.2) is 38.3 Å². The fraction of sp³-hybridized carbons (Fsp3) is 0.333. The highest BCUT2D eigenvalue weighted by molar-refractivity contribution is 7.90. The zero-order valence-corrected chi connectivity index (χ0v) is 13.2. The first-order chi connectivity index (χ1) is 10.4. The summed E-state index contributed by atoms with van der Waals surface area (Å²) >= 11 is 0. The third kappa shape index (κ3) is 3.04. The molecule has 1 saturated heterocycles.